The molecule has 0 heterocycles. The maximum Gasteiger partial charge on any atom is 0.121 e. The highest BCUT2D eigenvalue weighted by molar-refractivity contribution is 6.19. The van der Waals surface area contributed by atoms with E-state index in [0.717, 1.165) is 0 Å². The second-order valence-corrected chi connectivity index (χ2v) is 0.906. The van der Waals surface area contributed by atoms with Gasteiger partial charge in [0.1, 0.15) is 5.78 Å². The molecule has 0 atom stereocenters. The monoisotopic (exact) mass is 68.0 g/mol. The van der Waals surface area contributed by atoms with Crippen LogP contribution in [0.3, 0.4) is 0 Å². The van der Waals surface area contributed by atoms with E-state index in [1.807, 2.05) is 0 Å². The largest absolute Gasteiger partial charge is 0.301 e. The van der Waals surface area contributed by atoms with Crippen molar-refractivity contribution in [1.82, 2.24) is 0 Å². The first kappa shape index (κ1) is 4.73. The number of carbonyl (C=O) groups is 1. The third-order valence-corrected chi connectivity index (χ3v) is 0.287. The first-order valence-corrected chi connectivity index (χ1v) is 1.47. The van der Waals surface area contributed by atoms with Gasteiger partial charge in [0.15, 0.2) is 0 Å². The second kappa shape index (κ2) is 2.00. The molecular weight excluding hydrogens is 62.8 g/mol. The maximum absolute atomic E-state index is 9.69. The van der Waals surface area contributed by atoms with Crippen molar-refractivity contribution >= 4 is 13.6 Å². The average Bonchev–Trinajstić information content (AvgIpc) is 1.38. The van der Waals surface area contributed by atoms with E-state index in [2.05, 4.69) is 0 Å². The number of Topliss-reactive ketones (excluding diaryl/α,β-unsaturated/α-hetero) is 1. The average molecular weight is 67.9 g/mol. The Balaban J connectivity index is 2.85. The van der Waals surface area contributed by atoms with Gasteiger partial charge in [0.25, 0.3) is 0 Å². The van der Waals surface area contributed by atoms with Crippen LogP contribution in [0, 0.1) is 0 Å². The lowest BCUT2D eigenvalue weighted by Gasteiger charge is -1.71. The Labute approximate surface area is 32.8 Å². The van der Waals surface area contributed by atoms with Crippen molar-refractivity contribution < 1.29 is 4.79 Å². The molecule has 0 fully saturated rings. The van der Waals surface area contributed by atoms with E-state index in [0.29, 0.717) is 0 Å². The Hall–Kier alpha value is -0.265. The van der Waals surface area contributed by atoms with Crippen LogP contribution in [0.25, 0.3) is 0 Å². The molecule has 0 unspecified atom stereocenters. The summed E-state index contributed by atoms with van der Waals surface area (Å²) in [6.07, 6.45) is 0.167. The van der Waals surface area contributed by atoms with E-state index < -0.39 is 0 Å². The molecule has 26 valence electrons. The van der Waals surface area contributed by atoms with Gasteiger partial charge < -0.3 is 4.79 Å². The quantitative estimate of drug-likeness (QED) is 0.400. The fraction of sp³-hybridized carbons (Fsp3) is 0.667. The summed E-state index contributed by atoms with van der Waals surface area (Å²) in [4.78, 5) is 9.69. The van der Waals surface area contributed by atoms with Gasteiger partial charge in [-0.1, -0.05) is 0 Å². The molecule has 1 nitrogen and oxygen atoms in total. The van der Waals surface area contributed by atoms with E-state index >= 15 is 0 Å². The van der Waals surface area contributed by atoms with Crippen molar-refractivity contribution in [2.75, 3.05) is 0 Å². The summed E-state index contributed by atoms with van der Waals surface area (Å²) in [5.74, 6) is 0.0324. The van der Waals surface area contributed by atoms with Crippen molar-refractivity contribution in [3.63, 3.8) is 0 Å². The van der Waals surface area contributed by atoms with Gasteiger partial charge in [0.2, 0.25) is 0 Å². The van der Waals surface area contributed by atoms with Gasteiger partial charge in [-0.15, -0.1) is 0 Å². The molecule has 2 heteroatoms. The molecule has 0 bridgehead atoms. The SMILES string of the molecule is [B]CC(C)=O. The van der Waals surface area contributed by atoms with Crippen LogP contribution in [0.5, 0.6) is 0 Å². The standard InChI is InChI=1S/C3H5BO/c1-3(5)2-4/h2H2,1H3. The molecule has 0 aromatic rings. The Kier molecular flexibility index (Phi) is 1.90. The second-order valence-electron chi connectivity index (χ2n) is 0.906. The lowest BCUT2D eigenvalue weighted by Crippen LogP contribution is -1.83. The first-order chi connectivity index (χ1) is 2.27. The molecule has 0 aliphatic carbocycles. The van der Waals surface area contributed by atoms with Gasteiger partial charge in [0.05, 0.1) is 7.85 Å². The maximum atomic E-state index is 9.69. The Morgan fingerprint density at radius 3 is 2.20 bits per heavy atom. The molecule has 0 N–H and O–H groups in total. The molecule has 0 saturated heterocycles. The molecule has 0 rings (SSSR count). The smallest absolute Gasteiger partial charge is 0.121 e. The molecular formula is C3H5BO. The van der Waals surface area contributed by atoms with Crippen LogP contribution in [0.1, 0.15) is 6.92 Å². The van der Waals surface area contributed by atoms with Gasteiger partial charge in [-0.05, 0) is 13.2 Å². The molecule has 0 aromatic heterocycles. The molecule has 0 aliphatic heterocycles. The zero-order valence-electron chi connectivity index (χ0n) is 3.19. The molecule has 0 amide bonds. The van der Waals surface area contributed by atoms with Crippen molar-refractivity contribution in [3.05, 3.63) is 0 Å². The highest BCUT2D eigenvalue weighted by Gasteiger charge is 1.76. The van der Waals surface area contributed by atoms with Gasteiger partial charge in [0, 0.05) is 0 Å². The van der Waals surface area contributed by atoms with Crippen LogP contribution in [0.4, 0.5) is 0 Å². The van der Waals surface area contributed by atoms with Crippen LogP contribution in [-0.2, 0) is 4.79 Å². The van der Waals surface area contributed by atoms with Crippen molar-refractivity contribution in [1.29, 1.82) is 0 Å². The third-order valence-electron chi connectivity index (χ3n) is 0.287. The minimum absolute atomic E-state index is 0.0324. The minimum Gasteiger partial charge on any atom is -0.301 e. The summed E-state index contributed by atoms with van der Waals surface area (Å²) < 4.78 is 0. The van der Waals surface area contributed by atoms with Crippen molar-refractivity contribution in [2.24, 2.45) is 0 Å². The molecule has 5 heavy (non-hydrogen) atoms. The number of rotatable bonds is 1. The van der Waals surface area contributed by atoms with E-state index in [1.165, 1.54) is 6.92 Å². The third kappa shape index (κ3) is 3.73. The number of hydrogen-bond acceptors (Lipinski definition) is 1. The number of hydrogen-bond donors (Lipinski definition) is 0. The summed E-state index contributed by atoms with van der Waals surface area (Å²) in [5, 5.41) is 0. The van der Waals surface area contributed by atoms with Gasteiger partial charge in [-0.25, -0.2) is 0 Å². The molecule has 0 spiro atoms. The molecule has 2 radical (unpaired) electrons. The van der Waals surface area contributed by atoms with Crippen molar-refractivity contribution in [3.8, 4) is 0 Å². The summed E-state index contributed by atoms with van der Waals surface area (Å²) in [6, 6.07) is 0. The molecule has 0 aromatic carbocycles. The highest BCUT2D eigenvalue weighted by atomic mass is 16.1. The highest BCUT2D eigenvalue weighted by Crippen LogP contribution is 1.68. The van der Waals surface area contributed by atoms with E-state index in [9.17, 15) is 4.79 Å². The summed E-state index contributed by atoms with van der Waals surface area (Å²) >= 11 is 0. The Morgan fingerprint density at radius 1 is 2.00 bits per heavy atom. The lowest BCUT2D eigenvalue weighted by molar-refractivity contribution is -0.114. The van der Waals surface area contributed by atoms with E-state index in [1.54, 1.807) is 0 Å². The van der Waals surface area contributed by atoms with Crippen LogP contribution in [0.15, 0.2) is 0 Å². The lowest BCUT2D eigenvalue weighted by atomic mass is 10.0. The van der Waals surface area contributed by atoms with E-state index in [-0.39, 0.29) is 12.1 Å². The van der Waals surface area contributed by atoms with Crippen LogP contribution in [-0.4, -0.2) is 13.6 Å². The molecule has 0 aliphatic rings. The fourth-order valence-corrected chi connectivity index (χ4v) is 0. The number of carbonyl (C=O) groups excluding carboxylic acids is 1. The Bertz CT molecular complexity index is 42.2. The normalized spacial score (nSPS) is 7.40. The first-order valence-electron chi connectivity index (χ1n) is 1.47. The topological polar surface area (TPSA) is 17.1 Å². The summed E-state index contributed by atoms with van der Waals surface area (Å²) in [6.45, 7) is 1.46. The van der Waals surface area contributed by atoms with Crippen LogP contribution in [0.2, 0.25) is 6.32 Å². The predicted molar refractivity (Wildman–Crippen MR) is 21.2 cm³/mol. The fourth-order valence-electron chi connectivity index (χ4n) is 0. The summed E-state index contributed by atoms with van der Waals surface area (Å²) in [5.41, 5.74) is 0. The predicted octanol–water partition coefficient (Wildman–Crippen LogP) is 0.162. The van der Waals surface area contributed by atoms with E-state index in [4.69, 9.17) is 7.85 Å². The summed E-state index contributed by atoms with van der Waals surface area (Å²) in [7, 11) is 4.82. The van der Waals surface area contributed by atoms with Crippen molar-refractivity contribution in [2.45, 2.75) is 13.2 Å². The molecule has 0 saturated carbocycles. The van der Waals surface area contributed by atoms with Crippen LogP contribution < -0.4 is 0 Å². The Morgan fingerprint density at radius 2 is 2.20 bits per heavy atom. The number of ketones is 1. The zero-order chi connectivity index (χ0) is 4.28. The van der Waals surface area contributed by atoms with Crippen LogP contribution >= 0.6 is 0 Å². The van der Waals surface area contributed by atoms with Gasteiger partial charge in [-0.3, -0.25) is 0 Å². The minimum atomic E-state index is 0.0324. The van der Waals surface area contributed by atoms with Gasteiger partial charge in [-0.2, -0.15) is 0 Å². The van der Waals surface area contributed by atoms with Gasteiger partial charge >= 0.3 is 0 Å². The zero-order valence-corrected chi connectivity index (χ0v) is 3.19.